The van der Waals surface area contributed by atoms with Crippen LogP contribution in [0.5, 0.6) is 0 Å². The Hall–Kier alpha value is -9.66. The summed E-state index contributed by atoms with van der Waals surface area (Å²) in [5.41, 5.74) is 27.4. The standard InChI is InChI=1S/C81H64Si/c1-56-57(2)59(4)81(58(56)3)82(72-53-50-69(60-32-14-5-15-33-60)75(63-38-20-8-21-39-63)78(72)66-44-26-11-27-45-66,73-54-51-70(61-34-16-6-17-35-61)76(64-40-22-9-23-41-64)79(73)67-46-28-12-29-47-67)74-55-52-71(62-36-18-7-19-37-62)77(65-42-24-10-25-43-65)80(74)68-48-30-13-31-49-68/h5-55,81H,1-4H3. The summed E-state index contributed by atoms with van der Waals surface area (Å²) in [4.78, 5) is 0. The van der Waals surface area contributed by atoms with Crippen LogP contribution in [0.15, 0.2) is 332 Å². The second-order valence-electron chi connectivity index (χ2n) is 21.9. The molecular weight excluding hydrogens is 1000 g/mol. The van der Waals surface area contributed by atoms with Gasteiger partial charge in [-0.3, -0.25) is 0 Å². The summed E-state index contributed by atoms with van der Waals surface area (Å²) in [5.74, 6) is 0. The van der Waals surface area contributed by atoms with E-state index in [0.29, 0.717) is 0 Å². The van der Waals surface area contributed by atoms with Crippen LogP contribution in [0.3, 0.4) is 0 Å². The second-order valence-corrected chi connectivity index (χ2v) is 25.7. The number of hydrogen-bond acceptors (Lipinski definition) is 0. The van der Waals surface area contributed by atoms with Crippen molar-refractivity contribution in [2.24, 2.45) is 0 Å². The summed E-state index contributed by atoms with van der Waals surface area (Å²) in [6, 6.07) is 116. The van der Waals surface area contributed by atoms with Crippen LogP contribution < -0.4 is 15.6 Å². The van der Waals surface area contributed by atoms with Gasteiger partial charge in [0.2, 0.25) is 0 Å². The largest absolute Gasteiger partial charge is 0.161 e. The molecule has 0 bridgehead atoms. The van der Waals surface area contributed by atoms with Gasteiger partial charge in [-0.2, -0.15) is 0 Å². The van der Waals surface area contributed by atoms with Crippen LogP contribution in [0.4, 0.5) is 0 Å². The Kier molecular flexibility index (Phi) is 14.2. The fourth-order valence-corrected chi connectivity index (χ4v) is 20.3. The highest BCUT2D eigenvalue weighted by atomic mass is 28.3. The van der Waals surface area contributed by atoms with E-state index in [0.717, 1.165) is 0 Å². The molecule has 1 aliphatic rings. The lowest BCUT2D eigenvalue weighted by molar-refractivity contribution is 1.09. The predicted molar refractivity (Wildman–Crippen MR) is 353 cm³/mol. The lowest BCUT2D eigenvalue weighted by atomic mass is 9.87. The molecule has 0 N–H and O–H groups in total. The Morgan fingerprint density at radius 2 is 0.378 bits per heavy atom. The highest BCUT2D eigenvalue weighted by molar-refractivity contribution is 7.15. The highest BCUT2D eigenvalue weighted by Gasteiger charge is 2.55. The molecule has 0 spiro atoms. The van der Waals surface area contributed by atoms with Crippen molar-refractivity contribution < 1.29 is 0 Å². The Morgan fingerprint density at radius 3 is 0.585 bits per heavy atom. The molecule has 0 heterocycles. The minimum Gasteiger partial charge on any atom is -0.0647 e. The first-order valence-electron chi connectivity index (χ1n) is 28.8. The van der Waals surface area contributed by atoms with E-state index in [1.54, 1.807) is 0 Å². The van der Waals surface area contributed by atoms with E-state index >= 15 is 0 Å². The smallest absolute Gasteiger partial charge is 0.0647 e. The average Bonchev–Trinajstić information content (AvgIpc) is 3.37. The van der Waals surface area contributed by atoms with Gasteiger partial charge >= 0.3 is 0 Å². The van der Waals surface area contributed by atoms with Crippen molar-refractivity contribution in [3.05, 3.63) is 332 Å². The number of allylic oxidation sites excluding steroid dienone is 4. The molecule has 12 aromatic rings. The maximum atomic E-state index is 2.61. The third-order valence-electron chi connectivity index (χ3n) is 17.6. The third kappa shape index (κ3) is 9.05. The van der Waals surface area contributed by atoms with E-state index in [9.17, 15) is 0 Å². The lowest BCUT2D eigenvalue weighted by Gasteiger charge is -2.46. The van der Waals surface area contributed by atoms with Gasteiger partial charge in [-0.15, -0.1) is 0 Å². The number of hydrogen-bond donors (Lipinski definition) is 0. The van der Waals surface area contributed by atoms with Crippen molar-refractivity contribution in [1.82, 2.24) is 0 Å². The van der Waals surface area contributed by atoms with Crippen LogP contribution in [0.1, 0.15) is 27.7 Å². The van der Waals surface area contributed by atoms with Crippen LogP contribution in [-0.2, 0) is 0 Å². The molecule has 82 heavy (non-hydrogen) atoms. The average molecular weight is 1070 g/mol. The predicted octanol–water partition coefficient (Wildman–Crippen LogP) is 20.2. The molecule has 392 valence electrons. The highest BCUT2D eigenvalue weighted by Crippen LogP contribution is 2.53. The van der Waals surface area contributed by atoms with Crippen LogP contribution in [0.2, 0.25) is 5.54 Å². The number of rotatable bonds is 13. The topological polar surface area (TPSA) is 0 Å². The molecular formula is C81H64Si. The van der Waals surface area contributed by atoms with Gasteiger partial charge < -0.3 is 0 Å². The molecule has 0 atom stereocenters. The first-order valence-corrected chi connectivity index (χ1v) is 30.9. The maximum absolute atomic E-state index is 3.86. The van der Waals surface area contributed by atoms with Gasteiger partial charge in [0, 0.05) is 5.54 Å². The van der Waals surface area contributed by atoms with E-state index in [4.69, 9.17) is 0 Å². The Balaban J connectivity index is 1.37. The van der Waals surface area contributed by atoms with Crippen molar-refractivity contribution in [3.63, 3.8) is 0 Å². The van der Waals surface area contributed by atoms with E-state index in [-0.39, 0.29) is 5.54 Å². The summed E-state index contributed by atoms with van der Waals surface area (Å²) >= 11 is 0. The Bertz CT molecular complexity index is 3850. The monoisotopic (exact) mass is 1060 g/mol. The number of benzene rings is 12. The lowest BCUT2D eigenvalue weighted by Crippen LogP contribution is -2.71. The molecule has 0 fully saturated rings. The van der Waals surface area contributed by atoms with Crippen LogP contribution in [0.25, 0.3) is 100 Å². The first-order chi connectivity index (χ1) is 40.4. The summed E-state index contributed by atoms with van der Waals surface area (Å²) in [6.45, 7) is 9.71. The SMILES string of the molecule is CC1=C(C)C([Si](c2ccc(-c3ccccc3)c(-c3ccccc3)c2-c2ccccc2)(c2ccc(-c3ccccc3)c(-c3ccccc3)c2-c2ccccc2)c2ccc(-c3ccccc3)c(-c3ccccc3)c2-c2ccccc2)C(C)=C1C. The summed E-state index contributed by atoms with van der Waals surface area (Å²) in [5, 5.41) is 4.11. The normalized spacial score (nSPS) is 12.7. The van der Waals surface area contributed by atoms with Gasteiger partial charge in [0.05, 0.1) is 0 Å². The van der Waals surface area contributed by atoms with E-state index < -0.39 is 8.07 Å². The van der Waals surface area contributed by atoms with Gasteiger partial charge in [0.1, 0.15) is 0 Å². The van der Waals surface area contributed by atoms with Crippen LogP contribution >= 0.6 is 0 Å². The quantitative estimate of drug-likeness (QED) is 0.0797. The summed E-state index contributed by atoms with van der Waals surface area (Å²) in [7, 11) is -3.86. The molecule has 0 amide bonds. The maximum Gasteiger partial charge on any atom is 0.161 e. The van der Waals surface area contributed by atoms with Crippen molar-refractivity contribution in [1.29, 1.82) is 0 Å². The second kappa shape index (κ2) is 22.5. The zero-order chi connectivity index (χ0) is 55.6. The minimum atomic E-state index is -3.86. The molecule has 0 radical (unpaired) electrons. The van der Waals surface area contributed by atoms with E-state index in [2.05, 4.69) is 337 Å². The molecule has 1 heteroatoms. The zero-order valence-electron chi connectivity index (χ0n) is 47.0. The van der Waals surface area contributed by atoms with Gasteiger partial charge in [0.25, 0.3) is 0 Å². The van der Waals surface area contributed by atoms with Crippen molar-refractivity contribution in [2.75, 3.05) is 0 Å². The molecule has 13 rings (SSSR count). The van der Waals surface area contributed by atoms with Crippen molar-refractivity contribution >= 4 is 23.6 Å². The third-order valence-corrected chi connectivity index (χ3v) is 23.1. The van der Waals surface area contributed by atoms with Gasteiger partial charge in [-0.1, -0.05) is 321 Å². The van der Waals surface area contributed by atoms with Crippen molar-refractivity contribution in [3.8, 4) is 100 Å². The van der Waals surface area contributed by atoms with Gasteiger partial charge in [-0.25, -0.2) is 0 Å². The van der Waals surface area contributed by atoms with E-state index in [1.165, 1.54) is 138 Å². The molecule has 0 nitrogen and oxygen atoms in total. The van der Waals surface area contributed by atoms with Gasteiger partial charge in [0.15, 0.2) is 8.07 Å². The van der Waals surface area contributed by atoms with E-state index in [1.807, 2.05) is 0 Å². The molecule has 0 saturated heterocycles. The van der Waals surface area contributed by atoms with Gasteiger partial charge in [-0.05, 0) is 155 Å². The Morgan fingerprint density at radius 1 is 0.195 bits per heavy atom. The first kappa shape index (κ1) is 51.8. The molecule has 0 aliphatic heterocycles. The van der Waals surface area contributed by atoms with Crippen LogP contribution in [-0.4, -0.2) is 8.07 Å². The van der Waals surface area contributed by atoms with Crippen LogP contribution in [0, 0.1) is 0 Å². The molecule has 12 aromatic carbocycles. The summed E-state index contributed by atoms with van der Waals surface area (Å²) in [6.07, 6.45) is 0. The summed E-state index contributed by atoms with van der Waals surface area (Å²) < 4.78 is 0. The van der Waals surface area contributed by atoms with Crippen molar-refractivity contribution in [2.45, 2.75) is 33.2 Å². The molecule has 0 unspecified atom stereocenters. The molecule has 0 aromatic heterocycles. The zero-order valence-corrected chi connectivity index (χ0v) is 48.0. The Labute approximate surface area is 485 Å². The molecule has 0 saturated carbocycles. The molecule has 1 aliphatic carbocycles. The fraction of sp³-hybridized carbons (Fsp3) is 0.0617. The minimum absolute atomic E-state index is 0.0384. The fourth-order valence-electron chi connectivity index (χ4n) is 13.7.